The van der Waals surface area contributed by atoms with Gasteiger partial charge in [-0.05, 0) is 31.0 Å². The summed E-state index contributed by atoms with van der Waals surface area (Å²) in [6, 6.07) is 13.4. The summed E-state index contributed by atoms with van der Waals surface area (Å²) in [7, 11) is 1.69. The highest BCUT2D eigenvalue weighted by atomic mass is 16.5. The zero-order valence-corrected chi connectivity index (χ0v) is 13.6. The predicted molar refractivity (Wildman–Crippen MR) is 91.5 cm³/mol. The first-order valence-corrected chi connectivity index (χ1v) is 7.75. The van der Waals surface area contributed by atoms with Crippen LogP contribution in [0.15, 0.2) is 48.7 Å². The Morgan fingerprint density at radius 3 is 2.65 bits per heavy atom. The minimum atomic E-state index is -0.174. The van der Waals surface area contributed by atoms with Crippen molar-refractivity contribution in [3.05, 3.63) is 59.9 Å². The van der Waals surface area contributed by atoms with Crippen LogP contribution in [0.2, 0.25) is 0 Å². The van der Waals surface area contributed by atoms with Gasteiger partial charge in [-0.15, -0.1) is 0 Å². The van der Waals surface area contributed by atoms with E-state index in [2.05, 4.69) is 15.6 Å². The zero-order chi connectivity index (χ0) is 16.5. The largest absolute Gasteiger partial charge is 0.385 e. The molecule has 0 saturated carbocycles. The topological polar surface area (TPSA) is 63.2 Å². The van der Waals surface area contributed by atoms with Gasteiger partial charge in [0.25, 0.3) is 5.91 Å². The molecular weight excluding hydrogens is 290 g/mol. The molecule has 2 N–H and O–H groups in total. The van der Waals surface area contributed by atoms with Crippen LogP contribution in [-0.2, 0) is 4.74 Å². The molecule has 5 nitrogen and oxygen atoms in total. The van der Waals surface area contributed by atoms with Gasteiger partial charge in [-0.2, -0.15) is 0 Å². The number of pyridine rings is 1. The van der Waals surface area contributed by atoms with Crippen LogP contribution in [0.1, 0.15) is 35.4 Å². The molecule has 23 heavy (non-hydrogen) atoms. The van der Waals surface area contributed by atoms with E-state index in [-0.39, 0.29) is 11.9 Å². The number of benzene rings is 1. The van der Waals surface area contributed by atoms with Crippen molar-refractivity contribution in [3.8, 4) is 0 Å². The molecule has 0 saturated heterocycles. The number of nitrogens with zero attached hydrogens (tertiary/aromatic N) is 1. The number of anilines is 1. The third-order valence-electron chi connectivity index (χ3n) is 3.50. The lowest BCUT2D eigenvalue weighted by molar-refractivity contribution is 0.0935. The first-order valence-electron chi connectivity index (χ1n) is 7.75. The van der Waals surface area contributed by atoms with E-state index in [1.165, 1.54) is 0 Å². The van der Waals surface area contributed by atoms with Crippen molar-refractivity contribution in [3.63, 3.8) is 0 Å². The molecular formula is C18H23N3O2. The third-order valence-corrected chi connectivity index (χ3v) is 3.50. The van der Waals surface area contributed by atoms with E-state index in [0.29, 0.717) is 5.69 Å². The van der Waals surface area contributed by atoms with E-state index in [1.807, 2.05) is 43.3 Å². The van der Waals surface area contributed by atoms with Crippen molar-refractivity contribution in [1.29, 1.82) is 0 Å². The van der Waals surface area contributed by atoms with Gasteiger partial charge in [0.15, 0.2) is 0 Å². The lowest BCUT2D eigenvalue weighted by Crippen LogP contribution is -2.27. The first kappa shape index (κ1) is 17.0. The van der Waals surface area contributed by atoms with Gasteiger partial charge < -0.3 is 15.4 Å². The van der Waals surface area contributed by atoms with E-state index in [9.17, 15) is 4.79 Å². The molecule has 0 spiro atoms. The maximum atomic E-state index is 12.2. The minimum Gasteiger partial charge on any atom is -0.385 e. The van der Waals surface area contributed by atoms with Crippen LogP contribution >= 0.6 is 0 Å². The number of methoxy groups -OCH3 is 1. The van der Waals surface area contributed by atoms with E-state index < -0.39 is 0 Å². The summed E-state index contributed by atoms with van der Waals surface area (Å²) in [5.74, 6) is -0.174. The quantitative estimate of drug-likeness (QED) is 0.735. The Morgan fingerprint density at radius 1 is 1.22 bits per heavy atom. The molecule has 0 radical (unpaired) electrons. The van der Waals surface area contributed by atoms with Gasteiger partial charge in [-0.25, -0.2) is 4.98 Å². The van der Waals surface area contributed by atoms with Gasteiger partial charge in [0, 0.05) is 20.3 Å². The van der Waals surface area contributed by atoms with Gasteiger partial charge >= 0.3 is 0 Å². The van der Waals surface area contributed by atoms with E-state index in [1.54, 1.807) is 19.4 Å². The number of carbonyl (C=O) groups is 1. The van der Waals surface area contributed by atoms with Crippen LogP contribution in [0.25, 0.3) is 0 Å². The average molecular weight is 313 g/mol. The molecule has 1 amide bonds. The summed E-state index contributed by atoms with van der Waals surface area (Å²) in [5.41, 5.74) is 2.38. The fraction of sp³-hybridized carbons (Fsp3) is 0.333. The fourth-order valence-corrected chi connectivity index (χ4v) is 2.18. The predicted octanol–water partition coefficient (Wildman–Crippen LogP) is 3.02. The summed E-state index contributed by atoms with van der Waals surface area (Å²) >= 11 is 0. The van der Waals surface area contributed by atoms with Gasteiger partial charge in [-0.1, -0.05) is 30.3 Å². The lowest BCUT2D eigenvalue weighted by atomic mass is 10.1. The first-order chi connectivity index (χ1) is 11.2. The summed E-state index contributed by atoms with van der Waals surface area (Å²) in [6.07, 6.45) is 2.60. The number of amides is 1. The molecule has 1 heterocycles. The molecule has 0 bridgehead atoms. The van der Waals surface area contributed by atoms with Crippen molar-refractivity contribution < 1.29 is 9.53 Å². The van der Waals surface area contributed by atoms with Gasteiger partial charge in [0.05, 0.1) is 17.9 Å². The fourth-order valence-electron chi connectivity index (χ4n) is 2.18. The molecule has 2 rings (SSSR count). The van der Waals surface area contributed by atoms with Crippen molar-refractivity contribution in [2.75, 3.05) is 25.6 Å². The number of hydrogen-bond donors (Lipinski definition) is 2. The highest BCUT2D eigenvalue weighted by Gasteiger charge is 2.12. The molecule has 122 valence electrons. The normalized spacial score (nSPS) is 11.7. The van der Waals surface area contributed by atoms with Crippen LogP contribution in [-0.4, -0.2) is 31.2 Å². The van der Waals surface area contributed by atoms with Crippen molar-refractivity contribution in [1.82, 2.24) is 10.3 Å². The second kappa shape index (κ2) is 8.90. The number of aromatic nitrogens is 1. The van der Waals surface area contributed by atoms with Crippen molar-refractivity contribution in [2.24, 2.45) is 0 Å². The summed E-state index contributed by atoms with van der Waals surface area (Å²) < 4.78 is 5.00. The smallest absolute Gasteiger partial charge is 0.270 e. The Morgan fingerprint density at radius 2 is 2.00 bits per heavy atom. The zero-order valence-electron chi connectivity index (χ0n) is 13.6. The number of hydrogen-bond acceptors (Lipinski definition) is 4. The summed E-state index contributed by atoms with van der Waals surface area (Å²) in [6.45, 7) is 3.49. The maximum absolute atomic E-state index is 12.2. The standard InChI is InChI=1S/C18H23N3O2/c1-14(15-7-4-3-5-8-15)21-18(22)17-10-9-16(13-20-17)19-11-6-12-23-2/h3-5,7-10,13-14,19H,6,11-12H2,1-2H3,(H,21,22). The average Bonchev–Trinajstić information content (AvgIpc) is 2.60. The Bertz CT molecular complexity index is 599. The maximum Gasteiger partial charge on any atom is 0.270 e. The molecule has 1 unspecified atom stereocenters. The second-order valence-corrected chi connectivity index (χ2v) is 5.31. The van der Waals surface area contributed by atoms with Crippen LogP contribution in [0.4, 0.5) is 5.69 Å². The number of carbonyl (C=O) groups excluding carboxylic acids is 1. The van der Waals surface area contributed by atoms with Crippen molar-refractivity contribution >= 4 is 11.6 Å². The number of ether oxygens (including phenoxy) is 1. The van der Waals surface area contributed by atoms with Crippen molar-refractivity contribution in [2.45, 2.75) is 19.4 Å². The molecule has 5 heteroatoms. The molecule has 1 atom stereocenters. The van der Waals surface area contributed by atoms with Crippen LogP contribution < -0.4 is 10.6 Å². The summed E-state index contributed by atoms with van der Waals surface area (Å²) in [5, 5.41) is 6.19. The van der Waals surface area contributed by atoms with Crippen LogP contribution in [0.3, 0.4) is 0 Å². The van der Waals surface area contributed by atoms with E-state index >= 15 is 0 Å². The Kier molecular flexibility index (Phi) is 6.56. The molecule has 1 aromatic heterocycles. The number of nitrogens with one attached hydrogen (secondary N) is 2. The minimum absolute atomic E-state index is 0.0580. The lowest BCUT2D eigenvalue weighted by Gasteiger charge is -2.14. The molecule has 2 aromatic rings. The Balaban J connectivity index is 1.87. The second-order valence-electron chi connectivity index (χ2n) is 5.31. The third kappa shape index (κ3) is 5.38. The molecule has 0 fully saturated rings. The highest BCUT2D eigenvalue weighted by Crippen LogP contribution is 2.12. The van der Waals surface area contributed by atoms with Gasteiger partial charge in [0.1, 0.15) is 5.69 Å². The number of rotatable bonds is 8. The van der Waals surface area contributed by atoms with Crippen LogP contribution in [0.5, 0.6) is 0 Å². The molecule has 0 aliphatic rings. The Hall–Kier alpha value is -2.40. The highest BCUT2D eigenvalue weighted by molar-refractivity contribution is 5.92. The molecule has 1 aromatic carbocycles. The molecule has 0 aliphatic heterocycles. The monoisotopic (exact) mass is 313 g/mol. The Labute approximate surface area is 137 Å². The van der Waals surface area contributed by atoms with Gasteiger partial charge in [0.2, 0.25) is 0 Å². The SMILES string of the molecule is COCCCNc1ccc(C(=O)NC(C)c2ccccc2)nc1. The van der Waals surface area contributed by atoms with Crippen LogP contribution in [0, 0.1) is 0 Å². The van der Waals surface area contributed by atoms with Gasteiger partial charge in [-0.3, -0.25) is 4.79 Å². The van der Waals surface area contributed by atoms with E-state index in [0.717, 1.165) is 30.8 Å². The molecule has 0 aliphatic carbocycles. The van der Waals surface area contributed by atoms with E-state index in [4.69, 9.17) is 4.74 Å². The summed E-state index contributed by atoms with van der Waals surface area (Å²) in [4.78, 5) is 16.4.